The first-order valence-electron chi connectivity index (χ1n) is 6.82. The third kappa shape index (κ3) is 5.94. The zero-order chi connectivity index (χ0) is 14.1. The first-order valence-corrected chi connectivity index (χ1v) is 6.82. The van der Waals surface area contributed by atoms with E-state index < -0.39 is 0 Å². The van der Waals surface area contributed by atoms with Gasteiger partial charge in [0.2, 0.25) is 0 Å². The predicted molar refractivity (Wildman–Crippen MR) is 79.3 cm³/mol. The number of hydrogen-bond donors (Lipinski definition) is 1. The van der Waals surface area contributed by atoms with Crippen LogP contribution in [0, 0.1) is 0 Å². The van der Waals surface area contributed by atoms with E-state index >= 15 is 0 Å². The van der Waals surface area contributed by atoms with Crippen LogP contribution in [0.15, 0.2) is 18.2 Å². The summed E-state index contributed by atoms with van der Waals surface area (Å²) in [6, 6.07) is 6.10. The SMILES string of the molecule is CCc1ccc(OCCNCCN(C)C)c(OC)c1. The summed E-state index contributed by atoms with van der Waals surface area (Å²) >= 11 is 0. The quantitative estimate of drug-likeness (QED) is 0.691. The van der Waals surface area contributed by atoms with Crippen LogP contribution in [0.4, 0.5) is 0 Å². The molecule has 4 heteroatoms. The summed E-state index contributed by atoms with van der Waals surface area (Å²) < 4.78 is 11.1. The highest BCUT2D eigenvalue weighted by Crippen LogP contribution is 2.28. The second-order valence-electron chi connectivity index (χ2n) is 4.74. The smallest absolute Gasteiger partial charge is 0.161 e. The van der Waals surface area contributed by atoms with Crippen molar-refractivity contribution in [2.75, 3.05) is 47.4 Å². The molecular weight excluding hydrogens is 240 g/mol. The van der Waals surface area contributed by atoms with Gasteiger partial charge >= 0.3 is 0 Å². The molecule has 0 spiro atoms. The van der Waals surface area contributed by atoms with Gasteiger partial charge in [0.15, 0.2) is 11.5 Å². The number of methoxy groups -OCH3 is 1. The number of nitrogens with one attached hydrogen (secondary N) is 1. The highest BCUT2D eigenvalue weighted by molar-refractivity contribution is 5.42. The number of benzene rings is 1. The molecule has 1 rings (SSSR count). The molecule has 0 aliphatic rings. The highest BCUT2D eigenvalue weighted by Gasteiger charge is 2.04. The molecule has 0 aliphatic heterocycles. The number of ether oxygens (including phenoxy) is 2. The normalized spacial score (nSPS) is 10.8. The molecule has 1 aromatic rings. The van der Waals surface area contributed by atoms with Crippen molar-refractivity contribution in [3.05, 3.63) is 23.8 Å². The molecule has 4 nitrogen and oxygen atoms in total. The Kier molecular flexibility index (Phi) is 7.30. The lowest BCUT2D eigenvalue weighted by Crippen LogP contribution is -2.29. The molecular formula is C15H26N2O2. The maximum atomic E-state index is 5.73. The molecule has 19 heavy (non-hydrogen) atoms. The molecule has 1 N–H and O–H groups in total. The van der Waals surface area contributed by atoms with Gasteiger partial charge in [-0.15, -0.1) is 0 Å². The van der Waals surface area contributed by atoms with Crippen LogP contribution in [0.25, 0.3) is 0 Å². The average molecular weight is 266 g/mol. The largest absolute Gasteiger partial charge is 0.493 e. The fourth-order valence-electron chi connectivity index (χ4n) is 1.71. The minimum Gasteiger partial charge on any atom is -0.493 e. The van der Waals surface area contributed by atoms with Gasteiger partial charge in [0.25, 0.3) is 0 Å². The predicted octanol–water partition coefficient (Wildman–Crippen LogP) is 1.79. The van der Waals surface area contributed by atoms with Crippen molar-refractivity contribution >= 4 is 0 Å². The Bertz CT molecular complexity index is 367. The number of rotatable bonds is 9. The fourth-order valence-corrected chi connectivity index (χ4v) is 1.71. The average Bonchev–Trinajstić information content (AvgIpc) is 2.42. The van der Waals surface area contributed by atoms with E-state index in [0.29, 0.717) is 6.61 Å². The minimum absolute atomic E-state index is 0.648. The fraction of sp³-hybridized carbons (Fsp3) is 0.600. The van der Waals surface area contributed by atoms with E-state index in [1.807, 2.05) is 12.1 Å². The van der Waals surface area contributed by atoms with Gasteiger partial charge in [-0.05, 0) is 38.2 Å². The summed E-state index contributed by atoms with van der Waals surface area (Å²) in [4.78, 5) is 2.15. The molecule has 0 saturated carbocycles. The van der Waals surface area contributed by atoms with Gasteiger partial charge < -0.3 is 19.7 Å². The Balaban J connectivity index is 2.32. The van der Waals surface area contributed by atoms with Crippen molar-refractivity contribution in [2.45, 2.75) is 13.3 Å². The maximum absolute atomic E-state index is 5.73. The molecule has 0 amide bonds. The van der Waals surface area contributed by atoms with Crippen LogP contribution < -0.4 is 14.8 Å². The van der Waals surface area contributed by atoms with Crippen molar-refractivity contribution in [3.8, 4) is 11.5 Å². The molecule has 108 valence electrons. The van der Waals surface area contributed by atoms with E-state index in [1.165, 1.54) is 5.56 Å². The molecule has 0 aromatic heterocycles. The molecule has 0 fully saturated rings. The zero-order valence-corrected chi connectivity index (χ0v) is 12.5. The Morgan fingerprint density at radius 3 is 2.58 bits per heavy atom. The number of nitrogens with zero attached hydrogens (tertiary/aromatic N) is 1. The molecule has 0 radical (unpaired) electrons. The van der Waals surface area contributed by atoms with Gasteiger partial charge in [-0.1, -0.05) is 13.0 Å². The zero-order valence-electron chi connectivity index (χ0n) is 12.5. The van der Waals surface area contributed by atoms with Crippen LogP contribution in [0.1, 0.15) is 12.5 Å². The maximum Gasteiger partial charge on any atom is 0.161 e. The minimum atomic E-state index is 0.648. The molecule has 0 heterocycles. The lowest BCUT2D eigenvalue weighted by molar-refractivity contribution is 0.289. The summed E-state index contributed by atoms with van der Waals surface area (Å²) in [6.45, 7) is 5.63. The van der Waals surface area contributed by atoms with Crippen LogP contribution in [0.2, 0.25) is 0 Å². The van der Waals surface area contributed by atoms with Crippen LogP contribution in [-0.4, -0.2) is 52.3 Å². The Morgan fingerprint density at radius 1 is 1.16 bits per heavy atom. The number of aryl methyl sites for hydroxylation is 1. The lowest BCUT2D eigenvalue weighted by Gasteiger charge is -2.13. The van der Waals surface area contributed by atoms with Gasteiger partial charge in [0.05, 0.1) is 7.11 Å². The summed E-state index contributed by atoms with van der Waals surface area (Å²) in [5.74, 6) is 1.63. The Morgan fingerprint density at radius 2 is 1.95 bits per heavy atom. The Labute approximate surface area is 116 Å². The van der Waals surface area contributed by atoms with E-state index in [0.717, 1.165) is 37.6 Å². The third-order valence-corrected chi connectivity index (χ3v) is 2.91. The molecule has 0 aliphatic carbocycles. The van der Waals surface area contributed by atoms with Crippen molar-refractivity contribution in [1.82, 2.24) is 10.2 Å². The second kappa shape index (κ2) is 8.77. The van der Waals surface area contributed by atoms with E-state index in [4.69, 9.17) is 9.47 Å². The highest BCUT2D eigenvalue weighted by atomic mass is 16.5. The van der Waals surface area contributed by atoms with Crippen LogP contribution >= 0.6 is 0 Å². The third-order valence-electron chi connectivity index (χ3n) is 2.91. The first kappa shape index (κ1) is 15.8. The molecule has 0 bridgehead atoms. The summed E-state index contributed by atoms with van der Waals surface area (Å²) in [5, 5.41) is 3.34. The van der Waals surface area contributed by atoms with E-state index in [9.17, 15) is 0 Å². The molecule has 1 aromatic carbocycles. The van der Waals surface area contributed by atoms with E-state index in [1.54, 1.807) is 7.11 Å². The van der Waals surface area contributed by atoms with Gasteiger partial charge in [-0.2, -0.15) is 0 Å². The van der Waals surface area contributed by atoms with Crippen molar-refractivity contribution in [3.63, 3.8) is 0 Å². The van der Waals surface area contributed by atoms with Gasteiger partial charge in [0.1, 0.15) is 6.61 Å². The number of hydrogen-bond acceptors (Lipinski definition) is 4. The molecule has 0 unspecified atom stereocenters. The summed E-state index contributed by atoms with van der Waals surface area (Å²) in [7, 11) is 5.81. The van der Waals surface area contributed by atoms with Crippen molar-refractivity contribution in [1.29, 1.82) is 0 Å². The van der Waals surface area contributed by atoms with Crippen molar-refractivity contribution in [2.24, 2.45) is 0 Å². The first-order chi connectivity index (χ1) is 9.17. The monoisotopic (exact) mass is 266 g/mol. The lowest BCUT2D eigenvalue weighted by atomic mass is 10.1. The number of likely N-dealkylation sites (N-methyl/N-ethyl adjacent to an activating group) is 1. The van der Waals surface area contributed by atoms with Gasteiger partial charge in [-0.25, -0.2) is 0 Å². The van der Waals surface area contributed by atoms with E-state index in [2.05, 4.69) is 37.3 Å². The van der Waals surface area contributed by atoms with Crippen LogP contribution in [0.5, 0.6) is 11.5 Å². The van der Waals surface area contributed by atoms with E-state index in [-0.39, 0.29) is 0 Å². The topological polar surface area (TPSA) is 33.7 Å². The van der Waals surface area contributed by atoms with Crippen LogP contribution in [-0.2, 0) is 6.42 Å². The second-order valence-corrected chi connectivity index (χ2v) is 4.74. The van der Waals surface area contributed by atoms with Gasteiger partial charge in [0, 0.05) is 19.6 Å². The standard InChI is InChI=1S/C15H26N2O2/c1-5-13-6-7-14(15(12-13)18-4)19-11-9-16-8-10-17(2)3/h6-7,12,16H,5,8-11H2,1-4H3. The Hall–Kier alpha value is -1.26. The molecule has 0 saturated heterocycles. The summed E-state index contributed by atoms with van der Waals surface area (Å²) in [5.41, 5.74) is 1.26. The molecule has 0 atom stereocenters. The van der Waals surface area contributed by atoms with Crippen LogP contribution in [0.3, 0.4) is 0 Å². The van der Waals surface area contributed by atoms with Crippen molar-refractivity contribution < 1.29 is 9.47 Å². The van der Waals surface area contributed by atoms with Gasteiger partial charge in [-0.3, -0.25) is 0 Å². The summed E-state index contributed by atoms with van der Waals surface area (Å²) in [6.07, 6.45) is 1.00.